The lowest BCUT2D eigenvalue weighted by Gasteiger charge is -2.25. The number of non-ortho nitro benzene ring substituents is 1. The molecule has 0 unspecified atom stereocenters. The van der Waals surface area contributed by atoms with Gasteiger partial charge in [-0.1, -0.05) is 36.4 Å². The second-order valence-electron chi connectivity index (χ2n) is 14.2. The molecule has 0 fully saturated rings. The first-order valence-corrected chi connectivity index (χ1v) is 19.7. The lowest BCUT2D eigenvalue weighted by atomic mass is 10.0. The predicted octanol–water partition coefficient (Wildman–Crippen LogP) is -2.12. The van der Waals surface area contributed by atoms with Crippen LogP contribution < -0.4 is 60.6 Å². The van der Waals surface area contributed by atoms with Crippen LogP contribution in [0, 0.1) is 20.2 Å². The van der Waals surface area contributed by atoms with Gasteiger partial charge in [-0.15, -0.1) is 0 Å². The van der Waals surface area contributed by atoms with Crippen LogP contribution in [0.1, 0.15) is 47.2 Å². The number of aliphatic hydroxyl groups is 1. The number of carbonyl (C=O) groups excluding carboxylic acids is 6. The number of rotatable bonds is 26. The van der Waals surface area contributed by atoms with Crippen LogP contribution in [0.5, 0.6) is 0 Å². The Kier molecular flexibility index (Phi) is 19.8. The second kappa shape index (κ2) is 25.1. The molecule has 0 aliphatic heterocycles. The molecule has 3 rings (SSSR count). The number of aliphatic hydroxyl groups excluding tert-OH is 1. The Morgan fingerprint density at radius 2 is 1.36 bits per heavy atom. The van der Waals surface area contributed by atoms with E-state index >= 15 is 0 Å². The number of anilines is 2. The molecule has 4 atom stereocenters. The summed E-state index contributed by atoms with van der Waals surface area (Å²) in [4.78, 5) is 102. The Bertz CT molecular complexity index is 2180. The molecule has 0 aliphatic carbocycles. The van der Waals surface area contributed by atoms with Gasteiger partial charge >= 0.3 is 0 Å². The minimum atomic E-state index is -1.58. The Labute approximate surface area is 365 Å². The number of hydrogen-bond donors (Lipinski definition) is 12. The lowest BCUT2D eigenvalue weighted by molar-refractivity contribution is -0.393. The molecule has 0 spiro atoms. The van der Waals surface area contributed by atoms with Crippen LogP contribution in [-0.2, 0) is 36.9 Å². The molecule has 0 aliphatic rings. The first-order chi connectivity index (χ1) is 30.4. The molecule has 17 N–H and O–H groups in total. The largest absolute Gasteiger partial charge is 0.398 e. The number of carbonyl (C=O) groups is 6. The molecule has 0 aromatic heterocycles. The third-order valence-electron chi connectivity index (χ3n) is 9.31. The molecular weight excluding hydrogens is 841 g/mol. The van der Waals surface area contributed by atoms with Gasteiger partial charge in [0, 0.05) is 44.4 Å². The average Bonchev–Trinajstić information content (AvgIpc) is 3.25. The monoisotopic (exact) mass is 892 g/mol. The molecule has 344 valence electrons. The van der Waals surface area contributed by atoms with Gasteiger partial charge in [-0.05, 0) is 55.0 Å². The first kappa shape index (κ1) is 50.4. The third-order valence-corrected chi connectivity index (χ3v) is 9.31. The van der Waals surface area contributed by atoms with E-state index in [0.717, 1.165) is 23.8 Å². The van der Waals surface area contributed by atoms with Crippen LogP contribution in [0.2, 0.25) is 0 Å². The van der Waals surface area contributed by atoms with E-state index in [1.807, 2.05) is 0 Å². The van der Waals surface area contributed by atoms with Crippen molar-refractivity contribution in [2.75, 3.05) is 37.3 Å². The highest BCUT2D eigenvalue weighted by atomic mass is 16.6. The summed E-state index contributed by atoms with van der Waals surface area (Å²) in [5.74, 6) is -4.89. The van der Waals surface area contributed by atoms with Crippen molar-refractivity contribution in [1.82, 2.24) is 26.6 Å². The highest BCUT2D eigenvalue weighted by molar-refractivity contribution is 5.99. The highest BCUT2D eigenvalue weighted by Crippen LogP contribution is 2.28. The number of nitrogens with one attached hydrogen (secondary N) is 6. The predicted molar refractivity (Wildman–Crippen MR) is 233 cm³/mol. The maximum absolute atomic E-state index is 13.7. The Balaban J connectivity index is 1.63. The molecule has 0 heterocycles. The normalized spacial score (nSPS) is 12.5. The first-order valence-electron chi connectivity index (χ1n) is 19.7. The molecule has 0 saturated heterocycles. The number of nitro benzene ring substituents is 2. The van der Waals surface area contributed by atoms with E-state index < -0.39 is 81.5 Å². The second-order valence-corrected chi connectivity index (χ2v) is 14.2. The highest BCUT2D eigenvalue weighted by Gasteiger charge is 2.30. The maximum Gasteiger partial charge on any atom is 0.299 e. The minimum absolute atomic E-state index is 0.0242. The van der Waals surface area contributed by atoms with Crippen LogP contribution in [0.3, 0.4) is 0 Å². The molecule has 0 saturated carbocycles. The fourth-order valence-corrected chi connectivity index (χ4v) is 5.91. The summed E-state index contributed by atoms with van der Waals surface area (Å²) in [5.41, 5.74) is 29.0. The van der Waals surface area contributed by atoms with Crippen molar-refractivity contribution in [3.63, 3.8) is 0 Å². The van der Waals surface area contributed by atoms with Crippen molar-refractivity contribution in [2.24, 2.45) is 27.9 Å². The zero-order valence-corrected chi connectivity index (χ0v) is 34.5. The van der Waals surface area contributed by atoms with Crippen molar-refractivity contribution in [1.29, 1.82) is 0 Å². The standard InChI is InChI=1S/C39H52N14O11/c40-26-5-2-1-4-25(26)34(56)48-20-23-9-7-22(8-10-23)18-27(41)35(57)51-31(21-54)38(60)49-29(6-3-15-47-39(43)44)37(59)50-30(13-14-33(42)55)36(58)46-17-16-45-28-12-11-24(52(61)62)19-32(28)53(63)64/h1-2,4-5,7-12,19,27,29-31,45,54H,3,6,13-18,20-21,40-41H2,(H2,42,55)(H,46,58)(H,48,56)(H,49,60)(H,50,59)(H,51,57)(H4,43,44,47)/t27-,29-,30-,31-/m0/s1. The van der Waals surface area contributed by atoms with E-state index in [2.05, 4.69) is 36.9 Å². The van der Waals surface area contributed by atoms with Crippen molar-refractivity contribution >= 4 is 64.2 Å². The van der Waals surface area contributed by atoms with Crippen molar-refractivity contribution in [2.45, 2.75) is 62.8 Å². The van der Waals surface area contributed by atoms with Gasteiger partial charge in [-0.25, -0.2) is 0 Å². The molecule has 0 radical (unpaired) electrons. The topological polar surface area (TPSA) is 424 Å². The number of guanidine groups is 1. The molecule has 64 heavy (non-hydrogen) atoms. The van der Waals surface area contributed by atoms with Crippen molar-refractivity contribution in [3.05, 3.63) is 104 Å². The Hall–Kier alpha value is -7.93. The van der Waals surface area contributed by atoms with Gasteiger partial charge in [0.2, 0.25) is 29.5 Å². The smallest absolute Gasteiger partial charge is 0.299 e. The van der Waals surface area contributed by atoms with Crippen LogP contribution in [0.4, 0.5) is 22.7 Å². The van der Waals surface area contributed by atoms with Crippen molar-refractivity contribution < 1.29 is 43.7 Å². The van der Waals surface area contributed by atoms with E-state index in [1.54, 1.807) is 48.5 Å². The molecule has 3 aromatic rings. The number of nitrogens with two attached hydrogens (primary N) is 5. The zero-order valence-electron chi connectivity index (χ0n) is 34.5. The van der Waals surface area contributed by atoms with Gasteiger partial charge in [0.1, 0.15) is 23.8 Å². The SMILES string of the molecule is NC(=O)CC[C@H](NC(=O)[C@H](CCCN=C(N)N)NC(=O)[C@H](CO)NC(=O)[C@@H](N)Cc1ccc(CNC(=O)c2ccccc2N)cc1)C(=O)NCCNc1ccc([N+](=O)[O-])cc1[N+](=O)[O-]. The maximum atomic E-state index is 13.7. The lowest BCUT2D eigenvalue weighted by Crippen LogP contribution is -2.58. The number of primary amides is 1. The van der Waals surface area contributed by atoms with Gasteiger partial charge in [-0.2, -0.15) is 0 Å². The number of para-hydroxylation sites is 1. The summed E-state index contributed by atoms with van der Waals surface area (Å²) < 4.78 is 0. The van der Waals surface area contributed by atoms with E-state index in [9.17, 15) is 54.1 Å². The van der Waals surface area contributed by atoms with Gasteiger partial charge in [0.25, 0.3) is 17.3 Å². The van der Waals surface area contributed by atoms with Gasteiger partial charge in [-0.3, -0.25) is 54.0 Å². The number of nitro groups is 2. The quantitative estimate of drug-likeness (QED) is 0.0102. The molecule has 6 amide bonds. The molecule has 3 aromatic carbocycles. The van der Waals surface area contributed by atoms with Crippen LogP contribution >= 0.6 is 0 Å². The zero-order chi connectivity index (χ0) is 47.3. The van der Waals surface area contributed by atoms with E-state index in [0.29, 0.717) is 16.8 Å². The van der Waals surface area contributed by atoms with E-state index in [4.69, 9.17) is 28.7 Å². The number of benzene rings is 3. The van der Waals surface area contributed by atoms with Gasteiger partial charge < -0.3 is 65.7 Å². The molecule has 0 bridgehead atoms. The van der Waals surface area contributed by atoms with Gasteiger partial charge in [0.05, 0.1) is 34.1 Å². The Morgan fingerprint density at radius 3 is 1.97 bits per heavy atom. The molecule has 25 nitrogen and oxygen atoms in total. The van der Waals surface area contributed by atoms with Crippen LogP contribution in [0.15, 0.2) is 71.7 Å². The fraction of sp³-hybridized carbons (Fsp3) is 0.359. The van der Waals surface area contributed by atoms with E-state index in [1.165, 1.54) is 0 Å². The number of aliphatic imine (C=N–C) groups is 1. The molecular formula is C39H52N14O11. The number of nitrogen functional groups attached to an aromatic ring is 1. The molecule has 25 heteroatoms. The summed E-state index contributed by atoms with van der Waals surface area (Å²) in [6.45, 7) is -0.959. The summed E-state index contributed by atoms with van der Waals surface area (Å²) >= 11 is 0. The Morgan fingerprint density at radius 1 is 0.734 bits per heavy atom. The minimum Gasteiger partial charge on any atom is -0.398 e. The number of amides is 6. The third kappa shape index (κ3) is 16.5. The summed E-state index contributed by atoms with van der Waals surface area (Å²) in [6.07, 6.45) is -0.584. The summed E-state index contributed by atoms with van der Waals surface area (Å²) in [7, 11) is 0. The summed E-state index contributed by atoms with van der Waals surface area (Å²) in [6, 6.07) is 10.9. The van der Waals surface area contributed by atoms with Crippen molar-refractivity contribution in [3.8, 4) is 0 Å². The van der Waals surface area contributed by atoms with E-state index in [-0.39, 0.29) is 75.8 Å². The van der Waals surface area contributed by atoms with Crippen LogP contribution in [-0.4, -0.2) is 107 Å². The average molecular weight is 893 g/mol. The number of hydrogen-bond acceptors (Lipinski definition) is 15. The van der Waals surface area contributed by atoms with Gasteiger partial charge in [0.15, 0.2) is 5.96 Å². The van der Waals surface area contributed by atoms with Crippen LogP contribution in [0.25, 0.3) is 0 Å². The summed E-state index contributed by atoms with van der Waals surface area (Å²) in [5, 5.41) is 47.9. The number of nitrogens with zero attached hydrogens (tertiary/aromatic N) is 3. The fourth-order valence-electron chi connectivity index (χ4n) is 5.91.